The zero-order valence-corrected chi connectivity index (χ0v) is 17.1. The molecule has 127 valence electrons. The van der Waals surface area contributed by atoms with E-state index in [0.717, 1.165) is 12.8 Å². The van der Waals surface area contributed by atoms with Gasteiger partial charge in [0.2, 0.25) is 0 Å². The molecule has 0 aromatic heterocycles. The van der Waals surface area contributed by atoms with Crippen LogP contribution in [0.5, 0.6) is 0 Å². The van der Waals surface area contributed by atoms with Crippen molar-refractivity contribution in [2.24, 2.45) is 4.99 Å². The topological polar surface area (TPSA) is 39.5 Å². The van der Waals surface area contributed by atoms with Gasteiger partial charge in [-0.1, -0.05) is 32.0 Å². The van der Waals surface area contributed by atoms with E-state index in [1.165, 1.54) is 27.1 Å². The molecule has 0 radical (unpaired) electrons. The minimum atomic E-state index is 0. The second kappa shape index (κ2) is 11.6. The van der Waals surface area contributed by atoms with Gasteiger partial charge in [-0.15, -0.1) is 0 Å². The van der Waals surface area contributed by atoms with Gasteiger partial charge in [0.1, 0.15) is 5.84 Å². The number of halogens is 2. The average Bonchev–Trinajstić information content (AvgIpc) is 3.18. The van der Waals surface area contributed by atoms with E-state index in [1.54, 1.807) is 6.34 Å². The molecule has 1 aromatic rings. The van der Waals surface area contributed by atoms with E-state index in [9.17, 15) is 0 Å². The van der Waals surface area contributed by atoms with Crippen molar-refractivity contribution in [3.8, 4) is 0 Å². The Morgan fingerprint density at radius 1 is 1.17 bits per heavy atom. The number of hydrogen-bond donors (Lipinski definition) is 1. The Morgan fingerprint density at radius 3 is 2.12 bits per heavy atom. The minimum absolute atomic E-state index is 0. The van der Waals surface area contributed by atoms with Gasteiger partial charge in [-0.25, -0.2) is 4.99 Å². The molecule has 0 spiro atoms. The zero-order valence-electron chi connectivity index (χ0n) is 14.0. The number of allylic oxidation sites excluding steroid dienone is 4. The van der Waals surface area contributed by atoms with Crippen molar-refractivity contribution in [1.29, 1.82) is 5.41 Å². The Kier molecular flexibility index (Phi) is 11.2. The first-order chi connectivity index (χ1) is 10.7. The molecule has 0 bridgehead atoms. The van der Waals surface area contributed by atoms with E-state index < -0.39 is 0 Å². The number of benzene rings is 1. The number of nitrogens with zero attached hydrogens (tertiary/aromatic N) is 2. The summed E-state index contributed by atoms with van der Waals surface area (Å²) in [6.45, 7) is 4.93. The van der Waals surface area contributed by atoms with Gasteiger partial charge in [0.05, 0.1) is 12.9 Å². The van der Waals surface area contributed by atoms with Crippen LogP contribution in [-0.2, 0) is 33.3 Å². The van der Waals surface area contributed by atoms with Gasteiger partial charge in [0.15, 0.2) is 0 Å². The van der Waals surface area contributed by atoms with E-state index in [2.05, 4.69) is 80.6 Å². The first-order valence-electron chi connectivity index (χ1n) is 7.72. The summed E-state index contributed by atoms with van der Waals surface area (Å²) in [7, 11) is 0. The number of aryl methyl sites for hydroxylation is 2. The number of amidine groups is 1. The summed E-state index contributed by atoms with van der Waals surface area (Å²) in [6, 6.07) is 6.42. The van der Waals surface area contributed by atoms with Crippen molar-refractivity contribution in [3.05, 3.63) is 51.4 Å². The number of aliphatic imine (C=N–C) groups is 1. The summed E-state index contributed by atoms with van der Waals surface area (Å²) in [6.07, 6.45) is 11.4. The molecule has 1 heterocycles. The van der Waals surface area contributed by atoms with Crippen molar-refractivity contribution in [1.82, 2.24) is 0 Å². The molecule has 0 saturated carbocycles. The predicted octanol–water partition coefficient (Wildman–Crippen LogP) is -1.98. The molecule has 3 rings (SSSR count). The van der Waals surface area contributed by atoms with Gasteiger partial charge in [-0.3, -0.25) is 5.41 Å². The maximum absolute atomic E-state index is 7.54. The van der Waals surface area contributed by atoms with E-state index in [0.29, 0.717) is 12.4 Å². The fourth-order valence-corrected chi connectivity index (χ4v) is 2.88. The second-order valence-electron chi connectivity index (χ2n) is 5.28. The first kappa shape index (κ1) is 23.1. The van der Waals surface area contributed by atoms with Crippen LogP contribution in [0.3, 0.4) is 0 Å². The van der Waals surface area contributed by atoms with Crippen LogP contribution in [0.1, 0.15) is 31.4 Å². The van der Waals surface area contributed by atoms with Crippen LogP contribution in [-0.4, -0.2) is 18.7 Å². The van der Waals surface area contributed by atoms with Crippen LogP contribution in [0.4, 0.5) is 5.69 Å². The molecule has 0 atom stereocenters. The molecule has 0 fully saturated rings. The number of anilines is 1. The third kappa shape index (κ3) is 6.21. The maximum atomic E-state index is 7.54. The van der Waals surface area contributed by atoms with Crippen LogP contribution in [0.15, 0.2) is 45.3 Å². The van der Waals surface area contributed by atoms with Gasteiger partial charge in [-0.2, -0.15) is 0 Å². The number of para-hydroxylation sites is 1. The van der Waals surface area contributed by atoms with E-state index >= 15 is 0 Å². The average molecular weight is 399 g/mol. The summed E-state index contributed by atoms with van der Waals surface area (Å²) in [5, 5.41) is 7.54. The van der Waals surface area contributed by atoms with Crippen LogP contribution < -0.4 is 29.7 Å². The normalized spacial score (nSPS) is 14.6. The number of nitrogens with one attached hydrogen (secondary N) is 1. The van der Waals surface area contributed by atoms with E-state index in [4.69, 9.17) is 5.41 Å². The molecule has 1 aliphatic carbocycles. The summed E-state index contributed by atoms with van der Waals surface area (Å²) in [4.78, 5) is 6.11. The summed E-state index contributed by atoms with van der Waals surface area (Å²) >= 11 is 2.14. The number of rotatable bonds is 3. The SMILES string of the molecule is CCc1cccc(CC)c1N1C=NC(=N)C1.[Cl-].[Cl-].[Ti+2][C]1=CC=CC1. The zero-order chi connectivity index (χ0) is 15.9. The predicted molar refractivity (Wildman–Crippen MR) is 90.6 cm³/mol. The monoisotopic (exact) mass is 398 g/mol. The van der Waals surface area contributed by atoms with Crippen molar-refractivity contribution in [2.45, 2.75) is 33.1 Å². The quantitative estimate of drug-likeness (QED) is 0.589. The van der Waals surface area contributed by atoms with Crippen molar-refractivity contribution < 1.29 is 45.2 Å². The molecule has 2 aliphatic rings. The Hall–Kier alpha value is -0.866. The number of hydrogen-bond acceptors (Lipinski definition) is 2. The van der Waals surface area contributed by atoms with Crippen molar-refractivity contribution in [2.75, 3.05) is 11.4 Å². The molecule has 1 N–H and O–H groups in total. The van der Waals surface area contributed by atoms with E-state index in [1.807, 2.05) is 0 Å². The van der Waals surface area contributed by atoms with Gasteiger partial charge in [-0.05, 0) is 24.0 Å². The molecule has 0 saturated heterocycles. The summed E-state index contributed by atoms with van der Waals surface area (Å²) in [5.74, 6) is 0.438. The molecule has 0 unspecified atom stereocenters. The molecule has 1 aromatic carbocycles. The van der Waals surface area contributed by atoms with Gasteiger partial charge in [0, 0.05) is 5.69 Å². The Bertz CT molecular complexity index is 617. The van der Waals surface area contributed by atoms with Crippen LogP contribution >= 0.6 is 0 Å². The fraction of sp³-hybridized carbons (Fsp3) is 0.333. The molecule has 24 heavy (non-hydrogen) atoms. The van der Waals surface area contributed by atoms with Crippen molar-refractivity contribution >= 4 is 17.9 Å². The van der Waals surface area contributed by atoms with Gasteiger partial charge >= 0.3 is 49.0 Å². The fourth-order valence-electron chi connectivity index (χ4n) is 2.55. The van der Waals surface area contributed by atoms with Crippen LogP contribution in [0.2, 0.25) is 0 Å². The first-order valence-corrected chi connectivity index (χ1v) is 8.50. The molecule has 3 nitrogen and oxygen atoms in total. The van der Waals surface area contributed by atoms with Gasteiger partial charge in [0.25, 0.3) is 0 Å². The van der Waals surface area contributed by atoms with Gasteiger partial charge < -0.3 is 29.7 Å². The molecular weight excluding hydrogens is 377 g/mol. The Morgan fingerprint density at radius 2 is 1.79 bits per heavy atom. The van der Waals surface area contributed by atoms with E-state index in [-0.39, 0.29) is 24.8 Å². The third-order valence-electron chi connectivity index (χ3n) is 3.70. The molecule has 6 heteroatoms. The van der Waals surface area contributed by atoms with Crippen LogP contribution in [0, 0.1) is 5.41 Å². The molecule has 1 aliphatic heterocycles. The standard InChI is InChI=1S/C13H17N3.C5H5.2ClH.Ti/c1-3-10-6-5-7-11(4-2)13(10)16-8-12(14)15-9-16;1-2-4-5-3-1;;;/h5-7,9,14H,3-4,8H2,1-2H3;1-3H,4H2;2*1H;/q;;;;+2/p-2. The Balaban J connectivity index is 0.000000565. The molecule has 0 amide bonds. The molecular formula is C18H22Cl2N3Ti. The third-order valence-corrected chi connectivity index (χ3v) is 4.28. The Labute approximate surface area is 169 Å². The second-order valence-corrected chi connectivity index (χ2v) is 6.28. The summed E-state index contributed by atoms with van der Waals surface area (Å²) in [5.41, 5.74) is 3.92. The van der Waals surface area contributed by atoms with Crippen molar-refractivity contribution in [3.63, 3.8) is 0 Å². The van der Waals surface area contributed by atoms with Crippen LogP contribution in [0.25, 0.3) is 0 Å². The summed E-state index contributed by atoms with van der Waals surface area (Å²) < 4.78 is 1.47.